The topological polar surface area (TPSA) is 15.3 Å². The molecule has 21 heavy (non-hydrogen) atoms. The standard InChI is InChI=1S/C19H32N2/c1-4-9-18-15-21(19(14-20-18)16(3)5-2)13-12-17-10-7-6-8-11-17/h6-8,10-11,16,18-20H,4-5,9,12-15H2,1-3H3. The minimum Gasteiger partial charge on any atom is -0.311 e. The second kappa shape index (κ2) is 8.55. The van der Waals surface area contributed by atoms with Gasteiger partial charge < -0.3 is 5.32 Å². The van der Waals surface area contributed by atoms with Gasteiger partial charge in [0.05, 0.1) is 0 Å². The fraction of sp³-hybridized carbons (Fsp3) is 0.684. The molecule has 0 aliphatic carbocycles. The van der Waals surface area contributed by atoms with Crippen molar-refractivity contribution in [2.45, 2.75) is 58.5 Å². The van der Waals surface area contributed by atoms with Crippen molar-refractivity contribution in [1.82, 2.24) is 10.2 Å². The zero-order valence-corrected chi connectivity index (χ0v) is 14.0. The Morgan fingerprint density at radius 3 is 2.67 bits per heavy atom. The normalized spacial score (nSPS) is 24.9. The van der Waals surface area contributed by atoms with Crippen molar-refractivity contribution in [2.75, 3.05) is 19.6 Å². The van der Waals surface area contributed by atoms with Crippen LogP contribution in [0.15, 0.2) is 30.3 Å². The summed E-state index contributed by atoms with van der Waals surface area (Å²) in [6.07, 6.45) is 5.02. The first kappa shape index (κ1) is 16.5. The van der Waals surface area contributed by atoms with Crippen LogP contribution in [0.2, 0.25) is 0 Å². The first-order valence-electron chi connectivity index (χ1n) is 8.76. The van der Waals surface area contributed by atoms with Crippen LogP contribution in [0.1, 0.15) is 45.6 Å². The summed E-state index contributed by atoms with van der Waals surface area (Å²) in [4.78, 5) is 2.75. The predicted molar refractivity (Wildman–Crippen MR) is 91.7 cm³/mol. The molecule has 0 spiro atoms. The maximum atomic E-state index is 3.77. The molecule has 118 valence electrons. The molecule has 3 atom stereocenters. The molecule has 0 radical (unpaired) electrons. The molecule has 0 bridgehead atoms. The van der Waals surface area contributed by atoms with Crippen LogP contribution in [0.25, 0.3) is 0 Å². The fourth-order valence-corrected chi connectivity index (χ4v) is 3.45. The van der Waals surface area contributed by atoms with Crippen molar-refractivity contribution in [1.29, 1.82) is 0 Å². The molecule has 0 aromatic heterocycles. The molecule has 2 nitrogen and oxygen atoms in total. The molecule has 1 aromatic carbocycles. The third-order valence-electron chi connectivity index (χ3n) is 5.01. The lowest BCUT2D eigenvalue weighted by Gasteiger charge is -2.43. The van der Waals surface area contributed by atoms with E-state index in [4.69, 9.17) is 0 Å². The highest BCUT2D eigenvalue weighted by molar-refractivity contribution is 5.15. The fourth-order valence-electron chi connectivity index (χ4n) is 3.45. The summed E-state index contributed by atoms with van der Waals surface area (Å²) in [7, 11) is 0. The van der Waals surface area contributed by atoms with Crippen molar-refractivity contribution in [2.24, 2.45) is 5.92 Å². The summed E-state index contributed by atoms with van der Waals surface area (Å²) in [6.45, 7) is 10.6. The van der Waals surface area contributed by atoms with Crippen molar-refractivity contribution >= 4 is 0 Å². The highest BCUT2D eigenvalue weighted by Crippen LogP contribution is 2.20. The molecule has 2 heteroatoms. The second-order valence-corrected chi connectivity index (χ2v) is 6.58. The van der Waals surface area contributed by atoms with E-state index in [1.165, 1.54) is 44.3 Å². The highest BCUT2D eigenvalue weighted by atomic mass is 15.2. The summed E-state index contributed by atoms with van der Waals surface area (Å²) < 4.78 is 0. The SMILES string of the molecule is CCCC1CN(CCc2ccccc2)C(C(C)CC)CN1. The summed E-state index contributed by atoms with van der Waals surface area (Å²) >= 11 is 0. The second-order valence-electron chi connectivity index (χ2n) is 6.58. The van der Waals surface area contributed by atoms with Gasteiger partial charge in [0.1, 0.15) is 0 Å². The number of nitrogens with zero attached hydrogens (tertiary/aromatic N) is 1. The van der Waals surface area contributed by atoms with E-state index in [9.17, 15) is 0 Å². The molecule has 1 fully saturated rings. The summed E-state index contributed by atoms with van der Waals surface area (Å²) in [5.41, 5.74) is 1.46. The molecule has 2 rings (SSSR count). The number of nitrogens with one attached hydrogen (secondary N) is 1. The molecule has 0 saturated carbocycles. The van der Waals surface area contributed by atoms with Gasteiger partial charge in [-0.15, -0.1) is 0 Å². The molecule has 1 saturated heterocycles. The quantitative estimate of drug-likeness (QED) is 0.822. The largest absolute Gasteiger partial charge is 0.311 e. The van der Waals surface area contributed by atoms with E-state index in [0.29, 0.717) is 12.1 Å². The average molecular weight is 288 g/mol. The van der Waals surface area contributed by atoms with Gasteiger partial charge in [-0.2, -0.15) is 0 Å². The van der Waals surface area contributed by atoms with Gasteiger partial charge in [0.15, 0.2) is 0 Å². The van der Waals surface area contributed by atoms with E-state index >= 15 is 0 Å². The molecule has 1 aliphatic rings. The number of rotatable bonds is 7. The Morgan fingerprint density at radius 2 is 2.00 bits per heavy atom. The molecular formula is C19H32N2. The van der Waals surface area contributed by atoms with Crippen LogP contribution in [-0.4, -0.2) is 36.6 Å². The van der Waals surface area contributed by atoms with Gasteiger partial charge in [-0.05, 0) is 24.3 Å². The van der Waals surface area contributed by atoms with Crippen molar-refractivity contribution in [3.05, 3.63) is 35.9 Å². The van der Waals surface area contributed by atoms with Crippen molar-refractivity contribution < 1.29 is 0 Å². The molecule has 0 amide bonds. The Kier molecular flexibility index (Phi) is 6.72. The van der Waals surface area contributed by atoms with Crippen LogP contribution in [0.3, 0.4) is 0 Å². The van der Waals surface area contributed by atoms with Gasteiger partial charge in [0, 0.05) is 31.7 Å². The van der Waals surface area contributed by atoms with Gasteiger partial charge in [0.25, 0.3) is 0 Å². The third-order valence-corrected chi connectivity index (χ3v) is 5.01. The van der Waals surface area contributed by atoms with E-state index in [0.717, 1.165) is 12.5 Å². The minimum absolute atomic E-state index is 0.686. The monoisotopic (exact) mass is 288 g/mol. The Labute approximate surface area is 130 Å². The van der Waals surface area contributed by atoms with E-state index in [1.807, 2.05) is 0 Å². The average Bonchev–Trinajstić information content (AvgIpc) is 2.53. The minimum atomic E-state index is 0.686. The smallest absolute Gasteiger partial charge is 0.0247 e. The lowest BCUT2D eigenvalue weighted by molar-refractivity contribution is 0.0900. The molecular weight excluding hydrogens is 256 g/mol. The number of piperazine rings is 1. The molecule has 1 aliphatic heterocycles. The lowest BCUT2D eigenvalue weighted by atomic mass is 9.93. The van der Waals surface area contributed by atoms with Crippen LogP contribution in [0, 0.1) is 5.92 Å². The molecule has 1 N–H and O–H groups in total. The van der Waals surface area contributed by atoms with Gasteiger partial charge in [-0.25, -0.2) is 0 Å². The first-order valence-corrected chi connectivity index (χ1v) is 8.76. The zero-order valence-electron chi connectivity index (χ0n) is 14.0. The predicted octanol–water partition coefficient (Wildman–Crippen LogP) is 3.72. The van der Waals surface area contributed by atoms with Gasteiger partial charge in [-0.3, -0.25) is 4.90 Å². The van der Waals surface area contributed by atoms with E-state index in [2.05, 4.69) is 61.3 Å². The highest BCUT2D eigenvalue weighted by Gasteiger charge is 2.29. The van der Waals surface area contributed by atoms with Crippen LogP contribution in [0.4, 0.5) is 0 Å². The van der Waals surface area contributed by atoms with Crippen molar-refractivity contribution in [3.63, 3.8) is 0 Å². The molecule has 1 aromatic rings. The van der Waals surface area contributed by atoms with E-state index in [1.54, 1.807) is 0 Å². The molecule has 3 unspecified atom stereocenters. The van der Waals surface area contributed by atoms with Crippen LogP contribution in [-0.2, 0) is 6.42 Å². The van der Waals surface area contributed by atoms with Gasteiger partial charge in [0.2, 0.25) is 0 Å². The van der Waals surface area contributed by atoms with E-state index in [-0.39, 0.29) is 0 Å². The third kappa shape index (κ3) is 4.82. The maximum Gasteiger partial charge on any atom is 0.0247 e. The summed E-state index contributed by atoms with van der Waals surface area (Å²) in [5, 5.41) is 3.77. The van der Waals surface area contributed by atoms with Crippen LogP contribution >= 0.6 is 0 Å². The Bertz CT molecular complexity index is 390. The van der Waals surface area contributed by atoms with E-state index < -0.39 is 0 Å². The van der Waals surface area contributed by atoms with Gasteiger partial charge >= 0.3 is 0 Å². The number of hydrogen-bond acceptors (Lipinski definition) is 2. The zero-order chi connectivity index (χ0) is 15.1. The van der Waals surface area contributed by atoms with Crippen LogP contribution in [0.5, 0.6) is 0 Å². The summed E-state index contributed by atoms with van der Waals surface area (Å²) in [5.74, 6) is 0.774. The Morgan fingerprint density at radius 1 is 1.24 bits per heavy atom. The lowest BCUT2D eigenvalue weighted by Crippen LogP contribution is -2.58. The van der Waals surface area contributed by atoms with Crippen molar-refractivity contribution in [3.8, 4) is 0 Å². The van der Waals surface area contributed by atoms with Gasteiger partial charge in [-0.1, -0.05) is 63.9 Å². The molecule has 1 heterocycles. The Balaban J connectivity index is 1.95. The number of hydrogen-bond donors (Lipinski definition) is 1. The number of benzene rings is 1. The first-order chi connectivity index (χ1) is 10.2. The van der Waals surface area contributed by atoms with Crippen LogP contribution < -0.4 is 5.32 Å². The summed E-state index contributed by atoms with van der Waals surface area (Å²) in [6, 6.07) is 12.3. The Hall–Kier alpha value is -0.860. The maximum absolute atomic E-state index is 3.77.